The van der Waals surface area contributed by atoms with Gasteiger partial charge in [-0.05, 0) is 25.0 Å². The second-order valence-electron chi connectivity index (χ2n) is 5.60. The second-order valence-corrected chi connectivity index (χ2v) is 7.95. The highest BCUT2D eigenvalue weighted by Gasteiger charge is 2.25. The van der Waals surface area contributed by atoms with Gasteiger partial charge in [0.15, 0.2) is 0 Å². The molecule has 0 spiro atoms. The van der Waals surface area contributed by atoms with Gasteiger partial charge in [-0.25, -0.2) is 0 Å². The predicted octanol–water partition coefficient (Wildman–Crippen LogP) is 4.15. The summed E-state index contributed by atoms with van der Waals surface area (Å²) in [5.41, 5.74) is 0. The number of benzene rings is 2. The Morgan fingerprint density at radius 1 is 0.963 bits per heavy atom. The highest BCUT2D eigenvalue weighted by molar-refractivity contribution is 7.73. The Morgan fingerprint density at radius 3 is 1.74 bits per heavy atom. The molecular formula is C22H27O4P. The summed E-state index contributed by atoms with van der Waals surface area (Å²) in [6.07, 6.45) is 2.34. The number of esters is 2. The van der Waals surface area contributed by atoms with Crippen molar-refractivity contribution < 1.29 is 19.1 Å². The Bertz CT molecular complexity index is 661. The summed E-state index contributed by atoms with van der Waals surface area (Å²) in [6, 6.07) is 20.6. The van der Waals surface area contributed by atoms with Crippen LogP contribution >= 0.6 is 7.92 Å². The Kier molecular flexibility index (Phi) is 10.7. The van der Waals surface area contributed by atoms with Crippen LogP contribution in [-0.4, -0.2) is 24.4 Å². The van der Waals surface area contributed by atoms with Crippen LogP contribution in [0.5, 0.6) is 0 Å². The minimum absolute atomic E-state index is 0.0766. The largest absolute Gasteiger partial charge is 0.462 e. The third-order valence-corrected chi connectivity index (χ3v) is 6.17. The van der Waals surface area contributed by atoms with Crippen LogP contribution in [0, 0.1) is 0 Å². The van der Waals surface area contributed by atoms with Crippen molar-refractivity contribution in [1.82, 2.24) is 0 Å². The van der Waals surface area contributed by atoms with Crippen molar-refractivity contribution in [2.24, 2.45) is 0 Å². The molecule has 2 aromatic carbocycles. The molecule has 1 atom stereocenters. The number of carbonyl (C=O) groups excluding carboxylic acids is 2. The molecule has 0 saturated carbocycles. The summed E-state index contributed by atoms with van der Waals surface area (Å²) in [6.45, 7) is 8.58. The fraction of sp³-hybridized carbons (Fsp3) is 0.273. The van der Waals surface area contributed by atoms with Gasteiger partial charge in [0, 0.05) is 13.8 Å². The molecule has 0 aliphatic carbocycles. The molecule has 0 saturated heterocycles. The van der Waals surface area contributed by atoms with E-state index < -0.39 is 7.92 Å². The maximum Gasteiger partial charge on any atom is 0.303 e. The summed E-state index contributed by atoms with van der Waals surface area (Å²) >= 11 is 0. The van der Waals surface area contributed by atoms with Crippen LogP contribution in [0.3, 0.4) is 0 Å². The smallest absolute Gasteiger partial charge is 0.303 e. The van der Waals surface area contributed by atoms with Crippen molar-refractivity contribution >= 4 is 30.5 Å². The van der Waals surface area contributed by atoms with Gasteiger partial charge in [-0.15, -0.1) is 0 Å². The molecule has 0 amide bonds. The van der Waals surface area contributed by atoms with Gasteiger partial charge in [0.25, 0.3) is 0 Å². The molecule has 0 heterocycles. The first kappa shape index (κ1) is 22.6. The summed E-state index contributed by atoms with van der Waals surface area (Å²) in [5.74, 6) is -0.552. The third kappa shape index (κ3) is 8.65. The number of ether oxygens (including phenoxy) is 2. The summed E-state index contributed by atoms with van der Waals surface area (Å²) in [4.78, 5) is 21.3. The molecule has 0 bridgehead atoms. The topological polar surface area (TPSA) is 52.6 Å². The second kappa shape index (κ2) is 12.8. The van der Waals surface area contributed by atoms with Gasteiger partial charge >= 0.3 is 11.9 Å². The molecule has 0 aliphatic rings. The number of hydrogen-bond donors (Lipinski definition) is 0. The van der Waals surface area contributed by atoms with E-state index in [0.717, 1.165) is 6.42 Å². The van der Waals surface area contributed by atoms with Crippen molar-refractivity contribution in [2.45, 2.75) is 33.0 Å². The molecular weight excluding hydrogens is 359 g/mol. The number of carbonyl (C=O) groups is 2. The van der Waals surface area contributed by atoms with E-state index >= 15 is 0 Å². The fourth-order valence-electron chi connectivity index (χ4n) is 2.35. The maximum absolute atomic E-state index is 11.4. The van der Waals surface area contributed by atoms with E-state index in [1.165, 1.54) is 30.5 Å². The molecule has 0 fully saturated rings. The van der Waals surface area contributed by atoms with E-state index in [9.17, 15) is 9.59 Å². The average Bonchev–Trinajstić information content (AvgIpc) is 2.67. The first-order valence-electron chi connectivity index (χ1n) is 8.80. The highest BCUT2D eigenvalue weighted by Crippen LogP contribution is 2.41. The molecule has 0 aromatic heterocycles. The zero-order valence-electron chi connectivity index (χ0n) is 16.1. The first-order chi connectivity index (χ1) is 13.0. The van der Waals surface area contributed by atoms with Crippen molar-refractivity contribution in [2.75, 3.05) is 6.61 Å². The molecule has 144 valence electrons. The predicted molar refractivity (Wildman–Crippen MR) is 112 cm³/mol. The average molecular weight is 386 g/mol. The highest BCUT2D eigenvalue weighted by atomic mass is 31.1. The van der Waals surface area contributed by atoms with Crippen LogP contribution in [0.25, 0.3) is 0 Å². The van der Waals surface area contributed by atoms with Crippen LogP contribution in [0.15, 0.2) is 73.3 Å². The summed E-state index contributed by atoms with van der Waals surface area (Å²) in [7, 11) is -0.690. The van der Waals surface area contributed by atoms with Gasteiger partial charge in [-0.1, -0.05) is 80.2 Å². The van der Waals surface area contributed by atoms with Gasteiger partial charge in [0.05, 0.1) is 0 Å². The van der Waals surface area contributed by atoms with E-state index in [1.54, 1.807) is 0 Å². The van der Waals surface area contributed by atoms with E-state index in [4.69, 9.17) is 4.74 Å². The van der Waals surface area contributed by atoms with E-state index in [-0.39, 0.29) is 17.8 Å². The van der Waals surface area contributed by atoms with Gasteiger partial charge < -0.3 is 9.47 Å². The van der Waals surface area contributed by atoms with Gasteiger partial charge in [0.1, 0.15) is 12.5 Å². The molecule has 0 N–H and O–H groups in total. The molecule has 1 unspecified atom stereocenters. The summed E-state index contributed by atoms with van der Waals surface area (Å²) < 4.78 is 9.99. The molecule has 2 aromatic rings. The Hall–Kier alpha value is -2.45. The SMILES string of the molecule is C=CCOC(C)=O.CCC(OC(C)=O)P(c1ccccc1)c1ccccc1. The minimum atomic E-state index is -0.690. The monoisotopic (exact) mass is 386 g/mol. The zero-order valence-corrected chi connectivity index (χ0v) is 17.0. The Balaban J connectivity index is 0.000000445. The normalized spacial score (nSPS) is 11.0. The standard InChI is InChI=1S/C17H19O2P.C5H8O2/c1-3-17(19-14(2)18)20(15-10-6-4-7-11-15)16-12-8-5-9-13-16;1-3-4-7-5(2)6/h4-13,17H,3H2,1-2H3;3H,1,4H2,2H3. The zero-order chi connectivity index (χ0) is 20.1. The van der Waals surface area contributed by atoms with Gasteiger partial charge in [-0.2, -0.15) is 0 Å². The fourth-order valence-corrected chi connectivity index (χ4v) is 4.91. The van der Waals surface area contributed by atoms with Crippen molar-refractivity contribution in [3.05, 3.63) is 73.3 Å². The van der Waals surface area contributed by atoms with Crippen molar-refractivity contribution in [3.8, 4) is 0 Å². The van der Waals surface area contributed by atoms with Gasteiger partial charge in [0.2, 0.25) is 0 Å². The lowest BCUT2D eigenvalue weighted by atomic mass is 10.4. The van der Waals surface area contributed by atoms with Crippen molar-refractivity contribution in [1.29, 1.82) is 0 Å². The van der Waals surface area contributed by atoms with Crippen LogP contribution in [-0.2, 0) is 19.1 Å². The molecule has 4 nitrogen and oxygen atoms in total. The molecule has 27 heavy (non-hydrogen) atoms. The molecule has 0 aliphatic heterocycles. The van der Waals surface area contributed by atoms with E-state index in [2.05, 4.69) is 42.5 Å². The van der Waals surface area contributed by atoms with Crippen LogP contribution in [0.4, 0.5) is 0 Å². The molecule has 0 radical (unpaired) electrons. The Labute approximate surface area is 163 Å². The van der Waals surface area contributed by atoms with Crippen molar-refractivity contribution in [3.63, 3.8) is 0 Å². The first-order valence-corrected chi connectivity index (χ1v) is 10.2. The number of hydrogen-bond acceptors (Lipinski definition) is 4. The lowest BCUT2D eigenvalue weighted by molar-refractivity contribution is -0.142. The van der Waals surface area contributed by atoms with Gasteiger partial charge in [-0.3, -0.25) is 9.59 Å². The lowest BCUT2D eigenvalue weighted by Crippen LogP contribution is -2.25. The number of rotatable bonds is 7. The van der Waals surface area contributed by atoms with Crippen LogP contribution < -0.4 is 10.6 Å². The van der Waals surface area contributed by atoms with Crippen LogP contribution in [0.1, 0.15) is 27.2 Å². The van der Waals surface area contributed by atoms with E-state index in [1.807, 2.05) is 36.4 Å². The maximum atomic E-state index is 11.4. The Morgan fingerprint density at radius 2 is 1.44 bits per heavy atom. The van der Waals surface area contributed by atoms with Crippen LogP contribution in [0.2, 0.25) is 0 Å². The minimum Gasteiger partial charge on any atom is -0.462 e. The summed E-state index contributed by atoms with van der Waals surface area (Å²) in [5, 5.41) is 2.48. The molecule has 2 rings (SSSR count). The third-order valence-electron chi connectivity index (χ3n) is 3.41. The quantitative estimate of drug-likeness (QED) is 0.407. The lowest BCUT2D eigenvalue weighted by Gasteiger charge is -2.27. The molecule has 5 heteroatoms. The van der Waals surface area contributed by atoms with E-state index in [0.29, 0.717) is 6.61 Å².